The van der Waals surface area contributed by atoms with Gasteiger partial charge >= 0.3 is 8.53 Å². The molecule has 1 saturated heterocycles. The highest BCUT2D eigenvalue weighted by molar-refractivity contribution is 7.45. The van der Waals surface area contributed by atoms with Gasteiger partial charge in [0.15, 0.2) is 6.40 Å². The number of para-hydroxylation sites is 1. The van der Waals surface area contributed by atoms with E-state index in [4.69, 9.17) is 20.4 Å². The minimum atomic E-state index is -1.44. The molecule has 1 fully saturated rings. The molecular weight excluding hydrogens is 483 g/mol. The van der Waals surface area contributed by atoms with Crippen LogP contribution in [0, 0.1) is 11.3 Å². The van der Waals surface area contributed by atoms with E-state index in [0.29, 0.717) is 13.0 Å². The predicted octanol–water partition coefficient (Wildman–Crippen LogP) is 7.43. The molecule has 1 aliphatic heterocycles. The topological polar surface area (TPSA) is 72.0 Å². The van der Waals surface area contributed by atoms with Gasteiger partial charge in [0.2, 0.25) is 0 Å². The van der Waals surface area contributed by atoms with Gasteiger partial charge < -0.3 is 18.4 Å². The third kappa shape index (κ3) is 5.89. The molecule has 0 spiro atoms. The zero-order valence-corrected chi connectivity index (χ0v) is 23.1. The summed E-state index contributed by atoms with van der Waals surface area (Å²) >= 11 is 0. The molecule has 0 N–H and O–H groups in total. The third-order valence-corrected chi connectivity index (χ3v) is 8.45. The van der Waals surface area contributed by atoms with Crippen LogP contribution >= 0.6 is 8.53 Å². The lowest BCUT2D eigenvalue weighted by Crippen LogP contribution is -2.35. The predicted molar refractivity (Wildman–Crippen MR) is 152 cm³/mol. The van der Waals surface area contributed by atoms with E-state index in [1.807, 2.05) is 31.2 Å². The van der Waals surface area contributed by atoms with Crippen molar-refractivity contribution in [3.8, 4) is 6.07 Å². The van der Waals surface area contributed by atoms with Crippen molar-refractivity contribution in [3.63, 3.8) is 0 Å². The first-order valence-electron chi connectivity index (χ1n) is 13.5. The molecule has 0 amide bonds. The number of aliphatic imine (C=N–C) groups is 1. The van der Waals surface area contributed by atoms with Gasteiger partial charge in [-0.15, -0.1) is 0 Å². The number of hydrogen-bond acceptors (Lipinski definition) is 6. The number of hydrogen-bond donors (Lipinski definition) is 0. The van der Waals surface area contributed by atoms with Crippen molar-refractivity contribution in [1.82, 2.24) is 9.24 Å². The molecule has 1 aliphatic rings. The van der Waals surface area contributed by atoms with Crippen LogP contribution in [-0.2, 0) is 13.8 Å². The molecule has 7 nitrogen and oxygen atoms in total. The summed E-state index contributed by atoms with van der Waals surface area (Å²) in [6.07, 6.45) is 4.44. The number of nitriles is 1. The van der Waals surface area contributed by atoms with Gasteiger partial charge in [-0.05, 0) is 71.4 Å². The van der Waals surface area contributed by atoms with Crippen LogP contribution in [0.25, 0.3) is 27.9 Å². The molecular formula is C29H37N4O3P. The fourth-order valence-electron chi connectivity index (χ4n) is 4.91. The van der Waals surface area contributed by atoms with Crippen LogP contribution in [0.3, 0.4) is 0 Å². The Morgan fingerprint density at radius 2 is 1.97 bits per heavy atom. The molecule has 2 heterocycles. The molecule has 0 bridgehead atoms. The Hall–Kier alpha value is -2.75. The lowest BCUT2D eigenvalue weighted by molar-refractivity contribution is -0.00149. The van der Waals surface area contributed by atoms with Crippen LogP contribution in [0.5, 0.6) is 0 Å². The summed E-state index contributed by atoms with van der Waals surface area (Å²) in [6, 6.07) is 17.0. The molecule has 37 heavy (non-hydrogen) atoms. The van der Waals surface area contributed by atoms with Gasteiger partial charge in [-0.3, -0.25) is 4.99 Å². The second-order valence-corrected chi connectivity index (χ2v) is 11.0. The Balaban J connectivity index is 1.69. The first-order valence-corrected chi connectivity index (χ1v) is 14.0. The van der Waals surface area contributed by atoms with Crippen molar-refractivity contribution in [2.24, 2.45) is 4.99 Å². The maximum atomic E-state index is 8.95. The molecule has 0 radical (unpaired) electrons. The normalized spacial score (nSPS) is 21.7. The standard InChI is InChI=1S/C29H37N4O3P/c1-7-31-19-34-37(33(20(2)3)21(4)5)36-28-18-29(35-22(28)6)32-26-13-9-8-12-24(26)25-17-23(11-10-16-30)14-15-27(25)32/h8-15,17,19-22,28-29H,7,18H2,1-6H3/b11-10+,31-19?/t22-,28-,29-,37?/m1/s1/i6D. The van der Waals surface area contributed by atoms with Crippen molar-refractivity contribution in [3.05, 3.63) is 54.1 Å². The largest absolute Gasteiger partial charge is 0.425 e. The van der Waals surface area contributed by atoms with Gasteiger partial charge in [-0.25, -0.2) is 4.67 Å². The number of fused-ring (bicyclic) bond motifs is 3. The first-order chi connectivity index (χ1) is 18.4. The van der Waals surface area contributed by atoms with Gasteiger partial charge in [0.05, 0.1) is 29.3 Å². The molecule has 3 aromatic rings. The lowest BCUT2D eigenvalue weighted by atomic mass is 10.1. The van der Waals surface area contributed by atoms with Gasteiger partial charge in [-0.2, -0.15) is 5.26 Å². The van der Waals surface area contributed by atoms with E-state index in [9.17, 15) is 0 Å². The van der Waals surface area contributed by atoms with E-state index in [2.05, 4.69) is 72.3 Å². The fraction of sp³-hybridized carbons (Fsp3) is 0.448. The summed E-state index contributed by atoms with van der Waals surface area (Å²) in [5.74, 6) is 0. The van der Waals surface area contributed by atoms with Crippen LogP contribution < -0.4 is 0 Å². The number of aromatic nitrogens is 1. The summed E-state index contributed by atoms with van der Waals surface area (Å²) in [5.41, 5.74) is 3.09. The summed E-state index contributed by atoms with van der Waals surface area (Å²) < 4.78 is 31.9. The van der Waals surface area contributed by atoms with Gasteiger partial charge in [-0.1, -0.05) is 24.3 Å². The van der Waals surface area contributed by atoms with Crippen LogP contribution in [-0.4, -0.2) is 46.5 Å². The Morgan fingerprint density at radius 3 is 2.68 bits per heavy atom. The summed E-state index contributed by atoms with van der Waals surface area (Å²) in [4.78, 5) is 4.24. The van der Waals surface area contributed by atoms with Gasteiger partial charge in [0.25, 0.3) is 0 Å². The monoisotopic (exact) mass is 521 g/mol. The van der Waals surface area contributed by atoms with Crippen LogP contribution in [0.15, 0.2) is 53.5 Å². The van der Waals surface area contributed by atoms with Crippen molar-refractivity contribution >= 4 is 42.8 Å². The zero-order chi connectivity index (χ0) is 27.2. The van der Waals surface area contributed by atoms with E-state index in [0.717, 1.165) is 27.4 Å². The minimum absolute atomic E-state index is 0.0942. The van der Waals surface area contributed by atoms with Crippen molar-refractivity contribution in [1.29, 1.82) is 5.26 Å². The summed E-state index contributed by atoms with van der Waals surface area (Å²) in [6.45, 7) is 11.2. The fourth-order valence-corrected chi connectivity index (χ4v) is 6.53. The molecule has 2 aromatic carbocycles. The third-order valence-electron chi connectivity index (χ3n) is 6.42. The molecule has 1 aromatic heterocycles. The van der Waals surface area contributed by atoms with Crippen LogP contribution in [0.2, 0.25) is 0 Å². The van der Waals surface area contributed by atoms with Crippen LogP contribution in [0.1, 0.15) is 61.1 Å². The van der Waals surface area contributed by atoms with Crippen molar-refractivity contribution < 1.29 is 15.2 Å². The molecule has 196 valence electrons. The average Bonchev–Trinajstić information content (AvgIpc) is 3.45. The van der Waals surface area contributed by atoms with Crippen LogP contribution in [0.4, 0.5) is 0 Å². The highest BCUT2D eigenvalue weighted by atomic mass is 31.2. The lowest BCUT2D eigenvalue weighted by Gasteiger charge is -2.36. The first kappa shape index (κ1) is 25.9. The molecule has 8 heteroatoms. The van der Waals surface area contributed by atoms with E-state index in [1.165, 1.54) is 12.5 Å². The smallest absolute Gasteiger partial charge is 0.322 e. The number of ether oxygens (including phenoxy) is 1. The number of nitrogens with zero attached hydrogens (tertiary/aromatic N) is 4. The summed E-state index contributed by atoms with van der Waals surface area (Å²) in [7, 11) is -1.44. The highest BCUT2D eigenvalue weighted by Gasteiger charge is 2.40. The minimum Gasteiger partial charge on any atom is -0.425 e. The number of rotatable bonds is 10. The SMILES string of the molecule is [2H]C[C@H]1O[C@@H](n2c3ccccc3c3cc(/C=C/C#N)ccc32)C[C@H]1OP(OC=NCC)N(C(C)C)C(C)C. The van der Waals surface area contributed by atoms with Crippen molar-refractivity contribution in [2.75, 3.05) is 6.54 Å². The second-order valence-electron chi connectivity index (χ2n) is 9.65. The van der Waals surface area contributed by atoms with Gasteiger partial charge in [0.1, 0.15) is 6.23 Å². The Bertz CT molecular complexity index is 1320. The maximum absolute atomic E-state index is 8.95. The molecule has 4 rings (SSSR count). The van der Waals surface area contributed by atoms with Gasteiger partial charge in [0, 0.05) is 43.3 Å². The average molecular weight is 522 g/mol. The summed E-state index contributed by atoms with van der Waals surface area (Å²) in [5, 5.41) is 11.2. The molecule has 0 aliphatic carbocycles. The Kier molecular flexibility index (Phi) is 8.53. The van der Waals surface area contributed by atoms with E-state index < -0.39 is 8.53 Å². The second kappa shape index (κ2) is 12.2. The van der Waals surface area contributed by atoms with E-state index in [-0.39, 0.29) is 37.4 Å². The molecule has 0 saturated carbocycles. The Morgan fingerprint density at radius 1 is 1.22 bits per heavy atom. The maximum Gasteiger partial charge on any atom is 0.322 e. The zero-order valence-electron chi connectivity index (χ0n) is 23.2. The number of benzene rings is 2. The van der Waals surface area contributed by atoms with E-state index in [1.54, 1.807) is 0 Å². The number of allylic oxidation sites excluding steroid dienone is 1. The molecule has 1 unspecified atom stereocenters. The Labute approximate surface area is 222 Å². The van der Waals surface area contributed by atoms with E-state index >= 15 is 0 Å². The highest BCUT2D eigenvalue weighted by Crippen LogP contribution is 2.50. The van der Waals surface area contributed by atoms with Crippen molar-refractivity contribution in [2.45, 2.75) is 78.5 Å². The molecule has 4 atom stereocenters. The quantitative estimate of drug-likeness (QED) is 0.120.